The molecular formula is C26H29ClN2O4S3. The number of carbonyl (C=O) groups excluding carboxylic acids is 2. The summed E-state index contributed by atoms with van der Waals surface area (Å²) >= 11 is 9.33. The summed E-state index contributed by atoms with van der Waals surface area (Å²) in [5.41, 5.74) is 1.57. The minimum absolute atomic E-state index is 0.0454. The molecule has 0 spiro atoms. The van der Waals surface area contributed by atoms with Crippen LogP contribution < -0.4 is 10.6 Å². The minimum Gasteiger partial charge on any atom is -0.348 e. The summed E-state index contributed by atoms with van der Waals surface area (Å²) in [6.07, 6.45) is 2.96. The van der Waals surface area contributed by atoms with Gasteiger partial charge in [0.25, 0.3) is 11.8 Å². The Morgan fingerprint density at radius 3 is 2.50 bits per heavy atom. The fourth-order valence-corrected chi connectivity index (χ4v) is 9.55. The first-order chi connectivity index (χ1) is 16.9. The van der Waals surface area contributed by atoms with Crippen molar-refractivity contribution in [3.8, 4) is 0 Å². The Bertz CT molecular complexity index is 1470. The summed E-state index contributed by atoms with van der Waals surface area (Å²) in [6.45, 7) is 6.70. The van der Waals surface area contributed by atoms with Crippen molar-refractivity contribution in [3.63, 3.8) is 0 Å². The van der Waals surface area contributed by atoms with E-state index in [0.29, 0.717) is 32.8 Å². The summed E-state index contributed by atoms with van der Waals surface area (Å²) in [5, 5.41) is 7.66. The Balaban J connectivity index is 1.48. The second kappa shape index (κ2) is 9.42. The molecule has 3 heterocycles. The number of amides is 2. The maximum Gasteiger partial charge on any atom is 0.267 e. The number of rotatable bonds is 4. The zero-order valence-corrected chi connectivity index (χ0v) is 23.6. The van der Waals surface area contributed by atoms with Gasteiger partial charge in [-0.1, -0.05) is 50.6 Å². The molecule has 3 aromatic rings. The Labute approximate surface area is 224 Å². The van der Waals surface area contributed by atoms with Gasteiger partial charge in [0, 0.05) is 21.0 Å². The molecule has 2 N–H and O–H groups in total. The molecule has 0 saturated carbocycles. The summed E-state index contributed by atoms with van der Waals surface area (Å²) < 4.78 is 24.8. The zero-order valence-electron chi connectivity index (χ0n) is 20.4. The van der Waals surface area contributed by atoms with Gasteiger partial charge < -0.3 is 10.6 Å². The van der Waals surface area contributed by atoms with Crippen molar-refractivity contribution < 1.29 is 18.0 Å². The largest absolute Gasteiger partial charge is 0.348 e. The molecule has 192 valence electrons. The molecule has 2 atom stereocenters. The van der Waals surface area contributed by atoms with Crippen LogP contribution in [-0.2, 0) is 22.7 Å². The normalized spacial score (nSPS) is 21.3. The standard InChI is InChI=1S/C26H29ClN2O4S3/c1-26(2,3)14-8-9-16-19(12-14)35-25(20(16)23(30)28-15-10-11-36(32,33)13-15)29-24(31)22-21(27)17-6-4-5-7-18(17)34-22/h4-7,14-15H,8-13H2,1-3H3,(H,28,30)(H,29,31). The van der Waals surface area contributed by atoms with Crippen molar-refractivity contribution in [2.24, 2.45) is 11.3 Å². The minimum atomic E-state index is -3.13. The predicted molar refractivity (Wildman–Crippen MR) is 149 cm³/mol. The molecule has 2 aromatic heterocycles. The Morgan fingerprint density at radius 2 is 1.83 bits per heavy atom. The third kappa shape index (κ3) is 4.95. The number of fused-ring (bicyclic) bond motifs is 2. The molecule has 0 radical (unpaired) electrons. The van der Waals surface area contributed by atoms with Crippen LogP contribution in [0.1, 0.15) is 64.1 Å². The predicted octanol–water partition coefficient (Wildman–Crippen LogP) is 5.94. The van der Waals surface area contributed by atoms with Gasteiger partial charge in [0.05, 0.1) is 22.1 Å². The molecule has 2 aliphatic rings. The lowest BCUT2D eigenvalue weighted by atomic mass is 9.72. The van der Waals surface area contributed by atoms with Gasteiger partial charge in [-0.2, -0.15) is 0 Å². The highest BCUT2D eigenvalue weighted by atomic mass is 35.5. The molecule has 1 aliphatic heterocycles. The number of nitrogens with one attached hydrogen (secondary N) is 2. The molecule has 1 fully saturated rings. The van der Waals surface area contributed by atoms with E-state index in [-0.39, 0.29) is 28.7 Å². The number of anilines is 1. The second-order valence-electron chi connectivity index (χ2n) is 10.8. The van der Waals surface area contributed by atoms with Crippen molar-refractivity contribution in [1.82, 2.24) is 5.32 Å². The van der Waals surface area contributed by atoms with Crippen LogP contribution in [0.5, 0.6) is 0 Å². The molecule has 1 aliphatic carbocycles. The highest BCUT2D eigenvalue weighted by Gasteiger charge is 2.36. The quantitative estimate of drug-likeness (QED) is 0.410. The van der Waals surface area contributed by atoms with Crippen molar-refractivity contribution >= 4 is 71.0 Å². The molecule has 10 heteroatoms. The van der Waals surface area contributed by atoms with E-state index in [2.05, 4.69) is 31.4 Å². The first-order valence-corrected chi connectivity index (χ1v) is 15.9. The lowest BCUT2D eigenvalue weighted by molar-refractivity contribution is 0.0941. The lowest BCUT2D eigenvalue weighted by Gasteiger charge is -2.33. The van der Waals surface area contributed by atoms with Gasteiger partial charge in [0.1, 0.15) is 9.88 Å². The summed E-state index contributed by atoms with van der Waals surface area (Å²) in [6, 6.07) is 7.18. The van der Waals surface area contributed by atoms with E-state index in [9.17, 15) is 18.0 Å². The van der Waals surface area contributed by atoms with Gasteiger partial charge in [0.2, 0.25) is 0 Å². The van der Waals surface area contributed by atoms with Crippen molar-refractivity contribution in [1.29, 1.82) is 0 Å². The summed E-state index contributed by atoms with van der Waals surface area (Å²) in [7, 11) is -3.13. The van der Waals surface area contributed by atoms with Crippen molar-refractivity contribution in [2.75, 3.05) is 16.8 Å². The smallest absolute Gasteiger partial charge is 0.267 e. The summed E-state index contributed by atoms with van der Waals surface area (Å²) in [4.78, 5) is 28.4. The van der Waals surface area contributed by atoms with Crippen LogP contribution in [0.25, 0.3) is 10.1 Å². The molecule has 2 amide bonds. The average Bonchev–Trinajstić information content (AvgIpc) is 3.45. The molecule has 0 bridgehead atoms. The van der Waals surface area contributed by atoms with Crippen LogP contribution >= 0.6 is 34.3 Å². The van der Waals surface area contributed by atoms with E-state index < -0.39 is 15.9 Å². The number of hydrogen-bond acceptors (Lipinski definition) is 6. The van der Waals surface area contributed by atoms with Gasteiger partial charge >= 0.3 is 0 Å². The summed E-state index contributed by atoms with van der Waals surface area (Å²) in [5.74, 6) is -0.150. The fourth-order valence-electron chi connectivity index (χ4n) is 5.14. The van der Waals surface area contributed by atoms with E-state index in [1.54, 1.807) is 0 Å². The van der Waals surface area contributed by atoms with E-state index in [1.165, 1.54) is 22.7 Å². The lowest BCUT2D eigenvalue weighted by Crippen LogP contribution is -2.36. The molecule has 1 saturated heterocycles. The topological polar surface area (TPSA) is 92.3 Å². The first-order valence-electron chi connectivity index (χ1n) is 12.1. The second-order valence-corrected chi connectivity index (χ2v) is 15.5. The molecule has 6 nitrogen and oxygen atoms in total. The van der Waals surface area contributed by atoms with Gasteiger partial charge in [0.15, 0.2) is 9.84 Å². The SMILES string of the molecule is CC(C)(C)C1CCc2c(sc(NC(=O)c3sc4ccccc4c3Cl)c2C(=O)NC2CCS(=O)(=O)C2)C1. The fraction of sp³-hybridized carbons (Fsp3) is 0.462. The average molecular weight is 565 g/mol. The third-order valence-electron chi connectivity index (χ3n) is 7.25. The van der Waals surface area contributed by atoms with Gasteiger partial charge in [-0.3, -0.25) is 9.59 Å². The Kier molecular flexibility index (Phi) is 6.72. The number of thiophene rings is 2. The van der Waals surface area contributed by atoms with Gasteiger partial charge in [-0.15, -0.1) is 22.7 Å². The highest BCUT2D eigenvalue weighted by molar-refractivity contribution is 7.91. The molecule has 5 rings (SSSR count). The molecular weight excluding hydrogens is 536 g/mol. The van der Waals surface area contributed by atoms with Crippen LogP contribution in [0, 0.1) is 11.3 Å². The van der Waals surface area contributed by atoms with Gasteiger partial charge in [-0.05, 0) is 48.6 Å². The van der Waals surface area contributed by atoms with Crippen LogP contribution in [0.4, 0.5) is 5.00 Å². The first kappa shape index (κ1) is 25.7. The van der Waals surface area contributed by atoms with E-state index >= 15 is 0 Å². The number of carbonyl (C=O) groups is 2. The zero-order chi connectivity index (χ0) is 25.8. The number of halogens is 1. The van der Waals surface area contributed by atoms with Crippen LogP contribution in [0.2, 0.25) is 5.02 Å². The Morgan fingerprint density at radius 1 is 1.08 bits per heavy atom. The highest BCUT2D eigenvalue weighted by Crippen LogP contribution is 2.45. The molecule has 2 unspecified atom stereocenters. The van der Waals surface area contributed by atoms with Crippen LogP contribution in [0.15, 0.2) is 24.3 Å². The van der Waals surface area contributed by atoms with Gasteiger partial charge in [-0.25, -0.2) is 8.42 Å². The number of sulfone groups is 1. The third-order valence-corrected chi connectivity index (χ3v) is 11.9. The van der Waals surface area contributed by atoms with Crippen LogP contribution in [0.3, 0.4) is 0 Å². The van der Waals surface area contributed by atoms with E-state index in [0.717, 1.165) is 39.8 Å². The molecule has 1 aromatic carbocycles. The monoisotopic (exact) mass is 564 g/mol. The maximum atomic E-state index is 13.5. The van der Waals surface area contributed by atoms with Crippen molar-refractivity contribution in [3.05, 3.63) is 50.2 Å². The van der Waals surface area contributed by atoms with E-state index in [4.69, 9.17) is 11.6 Å². The molecule has 36 heavy (non-hydrogen) atoms. The van der Waals surface area contributed by atoms with Crippen LogP contribution in [-0.4, -0.2) is 37.8 Å². The van der Waals surface area contributed by atoms with E-state index in [1.807, 2.05) is 24.3 Å². The number of hydrogen-bond donors (Lipinski definition) is 2. The number of benzene rings is 1. The van der Waals surface area contributed by atoms with Crippen molar-refractivity contribution in [2.45, 2.75) is 52.5 Å². The maximum absolute atomic E-state index is 13.5. The Hall–Kier alpha value is -1.94.